The van der Waals surface area contributed by atoms with Crippen molar-refractivity contribution in [3.8, 4) is 0 Å². The summed E-state index contributed by atoms with van der Waals surface area (Å²) in [6.45, 7) is 5.53. The number of aromatic nitrogens is 1. The lowest BCUT2D eigenvalue weighted by atomic mass is 9.92. The van der Waals surface area contributed by atoms with E-state index in [9.17, 15) is 9.59 Å². The van der Waals surface area contributed by atoms with Crippen LogP contribution in [0.3, 0.4) is 0 Å². The summed E-state index contributed by atoms with van der Waals surface area (Å²) in [6.07, 6.45) is 0. The first-order valence-corrected chi connectivity index (χ1v) is 6.01. The number of carbonyl (C=O) groups excluding carboxylic acids is 2. The molecule has 6 nitrogen and oxygen atoms in total. The second-order valence-electron chi connectivity index (χ2n) is 5.07. The first kappa shape index (κ1) is 14.9. The molecule has 1 aromatic heterocycles. The number of nitrogen functional groups attached to an aromatic ring is 1. The molecule has 0 saturated carbocycles. The Morgan fingerprint density at radius 2 is 2.00 bits per heavy atom. The van der Waals surface area contributed by atoms with E-state index in [0.717, 1.165) is 0 Å². The number of hydrogen-bond acceptors (Lipinski definition) is 4. The Morgan fingerprint density at radius 3 is 2.53 bits per heavy atom. The van der Waals surface area contributed by atoms with Crippen LogP contribution < -0.4 is 16.4 Å². The molecule has 0 aliphatic carbocycles. The third-order valence-electron chi connectivity index (χ3n) is 2.77. The highest BCUT2D eigenvalue weighted by molar-refractivity contribution is 5.95. The number of hydrogen-bond donors (Lipinski definition) is 3. The Balaban J connectivity index is 2.73. The number of amides is 2. The van der Waals surface area contributed by atoms with Crippen LogP contribution in [0.25, 0.3) is 0 Å². The van der Waals surface area contributed by atoms with E-state index in [1.165, 1.54) is 6.07 Å². The van der Waals surface area contributed by atoms with Crippen molar-refractivity contribution in [1.29, 1.82) is 0 Å². The average molecular weight is 264 g/mol. The van der Waals surface area contributed by atoms with E-state index < -0.39 is 5.41 Å². The summed E-state index contributed by atoms with van der Waals surface area (Å²) in [7, 11) is 1.57. The third kappa shape index (κ3) is 3.94. The Bertz CT molecular complexity index is 477. The fourth-order valence-corrected chi connectivity index (χ4v) is 1.65. The van der Waals surface area contributed by atoms with Gasteiger partial charge in [0.2, 0.25) is 5.91 Å². The number of carbonyl (C=O) groups is 2. The SMILES string of the molecule is CNC(=O)C(C)(C)CNC(=O)c1cc(C)nc(N)c1. The van der Waals surface area contributed by atoms with E-state index >= 15 is 0 Å². The van der Waals surface area contributed by atoms with Gasteiger partial charge in [-0.2, -0.15) is 0 Å². The lowest BCUT2D eigenvalue weighted by Crippen LogP contribution is -2.43. The van der Waals surface area contributed by atoms with Gasteiger partial charge in [-0.15, -0.1) is 0 Å². The van der Waals surface area contributed by atoms with Crippen molar-refractivity contribution in [3.63, 3.8) is 0 Å². The van der Waals surface area contributed by atoms with Gasteiger partial charge in [0.15, 0.2) is 0 Å². The van der Waals surface area contributed by atoms with Crippen molar-refractivity contribution in [2.75, 3.05) is 19.3 Å². The summed E-state index contributed by atoms with van der Waals surface area (Å²) < 4.78 is 0. The van der Waals surface area contributed by atoms with Gasteiger partial charge in [0.25, 0.3) is 5.91 Å². The van der Waals surface area contributed by atoms with Gasteiger partial charge in [-0.3, -0.25) is 9.59 Å². The molecule has 0 aliphatic heterocycles. The highest BCUT2D eigenvalue weighted by Crippen LogP contribution is 2.14. The van der Waals surface area contributed by atoms with Gasteiger partial charge in [-0.1, -0.05) is 0 Å². The van der Waals surface area contributed by atoms with Crippen molar-refractivity contribution < 1.29 is 9.59 Å². The van der Waals surface area contributed by atoms with E-state index in [4.69, 9.17) is 5.73 Å². The summed E-state index contributed by atoms with van der Waals surface area (Å²) in [4.78, 5) is 27.6. The lowest BCUT2D eigenvalue weighted by molar-refractivity contribution is -0.128. The van der Waals surface area contributed by atoms with Crippen LogP contribution >= 0.6 is 0 Å². The predicted octanol–water partition coefficient (Wildman–Crippen LogP) is 0.474. The normalized spacial score (nSPS) is 10.9. The maximum absolute atomic E-state index is 12.0. The Hall–Kier alpha value is -2.11. The van der Waals surface area contributed by atoms with Gasteiger partial charge in [0.05, 0.1) is 5.41 Å². The zero-order valence-corrected chi connectivity index (χ0v) is 11.7. The second-order valence-corrected chi connectivity index (χ2v) is 5.07. The average Bonchev–Trinajstić information content (AvgIpc) is 2.33. The number of nitrogens with two attached hydrogens (primary N) is 1. The van der Waals surface area contributed by atoms with E-state index in [0.29, 0.717) is 17.1 Å². The van der Waals surface area contributed by atoms with E-state index in [1.54, 1.807) is 33.9 Å². The molecule has 1 heterocycles. The molecule has 1 rings (SSSR count). The molecule has 4 N–H and O–H groups in total. The second kappa shape index (κ2) is 5.69. The van der Waals surface area contributed by atoms with E-state index in [1.807, 2.05) is 0 Å². The van der Waals surface area contributed by atoms with E-state index in [-0.39, 0.29) is 18.4 Å². The van der Waals surface area contributed by atoms with Crippen LogP contribution in [0.2, 0.25) is 0 Å². The maximum atomic E-state index is 12.0. The number of nitrogens with one attached hydrogen (secondary N) is 2. The standard InChI is InChI=1S/C13H20N4O2/c1-8-5-9(6-10(14)17-8)11(18)16-7-13(2,3)12(19)15-4/h5-6H,7H2,1-4H3,(H2,14,17)(H,15,19)(H,16,18). The van der Waals surface area contributed by atoms with Gasteiger partial charge in [-0.05, 0) is 32.9 Å². The van der Waals surface area contributed by atoms with Crippen molar-refractivity contribution in [3.05, 3.63) is 23.4 Å². The molecule has 0 radical (unpaired) electrons. The topological polar surface area (TPSA) is 97.1 Å². The first-order chi connectivity index (χ1) is 8.76. The van der Waals surface area contributed by atoms with Crippen LogP contribution in [-0.4, -0.2) is 30.4 Å². The third-order valence-corrected chi connectivity index (χ3v) is 2.77. The molecule has 0 spiro atoms. The number of aryl methyl sites for hydroxylation is 1. The maximum Gasteiger partial charge on any atom is 0.251 e. The molecule has 0 aliphatic rings. The summed E-state index contributed by atoms with van der Waals surface area (Å²) in [5, 5.41) is 5.29. The fourth-order valence-electron chi connectivity index (χ4n) is 1.65. The van der Waals surface area contributed by atoms with Crippen molar-refractivity contribution in [1.82, 2.24) is 15.6 Å². The summed E-state index contributed by atoms with van der Waals surface area (Å²) in [5.41, 5.74) is 6.04. The molecule has 0 atom stereocenters. The van der Waals surface area contributed by atoms with Crippen LogP contribution in [0, 0.1) is 12.3 Å². The van der Waals surface area contributed by atoms with E-state index in [2.05, 4.69) is 15.6 Å². The number of anilines is 1. The molecule has 2 amide bonds. The van der Waals surface area contributed by atoms with Gasteiger partial charge >= 0.3 is 0 Å². The molecular weight excluding hydrogens is 244 g/mol. The smallest absolute Gasteiger partial charge is 0.251 e. The Labute approximate surface area is 112 Å². The zero-order chi connectivity index (χ0) is 14.6. The molecule has 0 aromatic carbocycles. The highest BCUT2D eigenvalue weighted by Gasteiger charge is 2.27. The van der Waals surface area contributed by atoms with Crippen LogP contribution in [0.1, 0.15) is 29.9 Å². The van der Waals surface area contributed by atoms with Gasteiger partial charge < -0.3 is 16.4 Å². The summed E-state index contributed by atoms with van der Waals surface area (Å²) in [5.74, 6) is -0.0943. The van der Waals surface area contributed by atoms with Crippen LogP contribution in [0.5, 0.6) is 0 Å². The molecule has 0 saturated heterocycles. The number of nitrogens with zero attached hydrogens (tertiary/aromatic N) is 1. The molecular formula is C13H20N4O2. The zero-order valence-electron chi connectivity index (χ0n) is 11.7. The minimum Gasteiger partial charge on any atom is -0.384 e. The molecule has 104 valence electrons. The summed E-state index contributed by atoms with van der Waals surface area (Å²) >= 11 is 0. The van der Waals surface area contributed by atoms with Crippen molar-refractivity contribution >= 4 is 17.6 Å². The molecule has 0 fully saturated rings. The van der Waals surface area contributed by atoms with Gasteiger partial charge in [0.1, 0.15) is 5.82 Å². The number of rotatable bonds is 4. The summed E-state index contributed by atoms with van der Waals surface area (Å²) in [6, 6.07) is 3.16. The lowest BCUT2D eigenvalue weighted by Gasteiger charge is -2.22. The molecule has 0 unspecified atom stereocenters. The quantitative estimate of drug-likeness (QED) is 0.736. The predicted molar refractivity (Wildman–Crippen MR) is 73.6 cm³/mol. The first-order valence-electron chi connectivity index (χ1n) is 6.01. The van der Waals surface area contributed by atoms with Gasteiger partial charge in [0, 0.05) is 24.8 Å². The minimum atomic E-state index is -0.669. The van der Waals surface area contributed by atoms with Crippen LogP contribution in [-0.2, 0) is 4.79 Å². The molecule has 1 aromatic rings. The Kier molecular flexibility index (Phi) is 4.47. The highest BCUT2D eigenvalue weighted by atomic mass is 16.2. The fraction of sp³-hybridized carbons (Fsp3) is 0.462. The van der Waals surface area contributed by atoms with Gasteiger partial charge in [-0.25, -0.2) is 4.98 Å². The monoisotopic (exact) mass is 264 g/mol. The van der Waals surface area contributed by atoms with Crippen LogP contribution in [0.4, 0.5) is 5.82 Å². The molecule has 0 bridgehead atoms. The minimum absolute atomic E-state index is 0.127. The van der Waals surface area contributed by atoms with Crippen molar-refractivity contribution in [2.24, 2.45) is 5.41 Å². The van der Waals surface area contributed by atoms with Crippen LogP contribution in [0.15, 0.2) is 12.1 Å². The largest absolute Gasteiger partial charge is 0.384 e. The Morgan fingerprint density at radius 1 is 1.37 bits per heavy atom. The number of pyridine rings is 1. The molecule has 19 heavy (non-hydrogen) atoms. The van der Waals surface area contributed by atoms with Crippen molar-refractivity contribution in [2.45, 2.75) is 20.8 Å². The molecule has 6 heteroatoms.